The van der Waals surface area contributed by atoms with Gasteiger partial charge in [0.25, 0.3) is 0 Å². The van der Waals surface area contributed by atoms with E-state index in [-0.39, 0.29) is 12.1 Å². The fraction of sp³-hybridized carbons (Fsp3) is 0.636. The molecule has 0 spiro atoms. The van der Waals surface area contributed by atoms with Gasteiger partial charge in [-0.1, -0.05) is 12.2 Å². The van der Waals surface area contributed by atoms with Crippen LogP contribution in [0.5, 0.6) is 0 Å². The van der Waals surface area contributed by atoms with E-state index in [9.17, 15) is 4.79 Å². The zero-order valence-corrected chi connectivity index (χ0v) is 8.60. The Labute approximate surface area is 88.5 Å². The molecule has 1 saturated heterocycles. The maximum Gasteiger partial charge on any atom is 0.312 e. The highest BCUT2D eigenvalue weighted by molar-refractivity contribution is 5.77. The molecular weight excluding hydrogens is 194 g/mol. The van der Waals surface area contributed by atoms with Crippen molar-refractivity contribution in [1.82, 2.24) is 0 Å². The average Bonchev–Trinajstić information content (AvgIpc) is 2.27. The summed E-state index contributed by atoms with van der Waals surface area (Å²) in [6.45, 7) is 0. The minimum Gasteiger partial charge on any atom is -0.469 e. The Balaban J connectivity index is 2.27. The van der Waals surface area contributed by atoms with Gasteiger partial charge in [-0.25, -0.2) is 0 Å². The predicted octanol–water partition coefficient (Wildman–Crippen LogP) is 1.18. The molecular formula is C11H13NO3. The van der Waals surface area contributed by atoms with Crippen LogP contribution in [0.25, 0.3) is 0 Å². The van der Waals surface area contributed by atoms with E-state index in [0.29, 0.717) is 19.3 Å². The van der Waals surface area contributed by atoms with Gasteiger partial charge in [-0.05, 0) is 12.8 Å². The highest BCUT2D eigenvalue weighted by Crippen LogP contribution is 2.43. The second-order valence-corrected chi connectivity index (χ2v) is 4.10. The molecule has 0 unspecified atom stereocenters. The zero-order chi connectivity index (χ0) is 10.9. The second-order valence-electron chi connectivity index (χ2n) is 4.10. The van der Waals surface area contributed by atoms with Crippen LogP contribution in [0.1, 0.15) is 19.3 Å². The Morgan fingerprint density at radius 1 is 1.67 bits per heavy atom. The molecule has 4 nitrogen and oxygen atoms in total. The fourth-order valence-corrected chi connectivity index (χ4v) is 2.40. The lowest BCUT2D eigenvalue weighted by Gasteiger charge is -2.41. The number of hydrogen-bond acceptors (Lipinski definition) is 4. The third kappa shape index (κ3) is 1.64. The van der Waals surface area contributed by atoms with Gasteiger partial charge in [0.1, 0.15) is 6.10 Å². The summed E-state index contributed by atoms with van der Waals surface area (Å²) in [6.07, 6.45) is 4.98. The lowest BCUT2D eigenvalue weighted by molar-refractivity contribution is -0.164. The van der Waals surface area contributed by atoms with Crippen LogP contribution in [-0.2, 0) is 14.3 Å². The van der Waals surface area contributed by atoms with Crippen molar-refractivity contribution in [3.63, 3.8) is 0 Å². The number of methoxy groups -OCH3 is 1. The van der Waals surface area contributed by atoms with E-state index in [1.54, 1.807) is 0 Å². The van der Waals surface area contributed by atoms with Gasteiger partial charge in [0, 0.05) is 6.42 Å². The summed E-state index contributed by atoms with van der Waals surface area (Å²) in [4.78, 5) is 11.7. The van der Waals surface area contributed by atoms with Gasteiger partial charge in [-0.15, -0.1) is 0 Å². The van der Waals surface area contributed by atoms with E-state index in [4.69, 9.17) is 14.7 Å². The molecule has 1 heterocycles. The number of nitriles is 1. The third-order valence-electron chi connectivity index (χ3n) is 3.13. The largest absolute Gasteiger partial charge is 0.469 e. The molecule has 2 bridgehead atoms. The number of rotatable bonds is 1. The maximum absolute atomic E-state index is 11.7. The SMILES string of the molecule is COC(=O)[C@@]12CC=C[C@@H](C1)O[C@H](C#N)C2. The minimum absolute atomic E-state index is 0.115. The Bertz CT molecular complexity index is 344. The van der Waals surface area contributed by atoms with Crippen molar-refractivity contribution in [2.45, 2.75) is 31.5 Å². The lowest BCUT2D eigenvalue weighted by Crippen LogP contribution is -2.46. The first kappa shape index (κ1) is 10.2. The third-order valence-corrected chi connectivity index (χ3v) is 3.13. The van der Waals surface area contributed by atoms with E-state index in [1.165, 1.54) is 7.11 Å². The highest BCUT2D eigenvalue weighted by atomic mass is 16.5. The predicted molar refractivity (Wildman–Crippen MR) is 51.7 cm³/mol. The molecule has 3 atom stereocenters. The van der Waals surface area contributed by atoms with Crippen molar-refractivity contribution < 1.29 is 14.3 Å². The number of nitrogens with zero attached hydrogens (tertiary/aromatic N) is 1. The van der Waals surface area contributed by atoms with E-state index in [2.05, 4.69) is 6.07 Å². The van der Waals surface area contributed by atoms with Crippen LogP contribution in [0.15, 0.2) is 12.2 Å². The van der Waals surface area contributed by atoms with Gasteiger partial charge in [0.05, 0.1) is 24.7 Å². The van der Waals surface area contributed by atoms with Crippen LogP contribution in [0.2, 0.25) is 0 Å². The van der Waals surface area contributed by atoms with Crippen molar-refractivity contribution in [3.8, 4) is 6.07 Å². The Hall–Kier alpha value is -1.34. The van der Waals surface area contributed by atoms with Crippen LogP contribution in [0.4, 0.5) is 0 Å². The first-order valence-corrected chi connectivity index (χ1v) is 5.00. The van der Waals surface area contributed by atoms with Gasteiger partial charge in [-0.2, -0.15) is 5.26 Å². The number of fused-ring (bicyclic) bond motifs is 2. The molecule has 0 amide bonds. The van der Waals surface area contributed by atoms with E-state index in [1.807, 2.05) is 12.2 Å². The molecule has 0 aromatic rings. The first-order valence-electron chi connectivity index (χ1n) is 5.00. The molecule has 80 valence electrons. The topological polar surface area (TPSA) is 59.3 Å². The molecule has 2 aliphatic rings. The molecule has 0 aromatic carbocycles. The monoisotopic (exact) mass is 207 g/mol. The number of carbonyl (C=O) groups is 1. The van der Waals surface area contributed by atoms with E-state index < -0.39 is 11.5 Å². The van der Waals surface area contributed by atoms with Crippen molar-refractivity contribution >= 4 is 5.97 Å². The van der Waals surface area contributed by atoms with Crippen LogP contribution in [0, 0.1) is 16.7 Å². The second kappa shape index (κ2) is 3.67. The highest BCUT2D eigenvalue weighted by Gasteiger charge is 2.48. The number of hydrogen-bond donors (Lipinski definition) is 0. The standard InChI is InChI=1S/C11H13NO3/c1-14-10(13)11-4-2-3-8(5-11)15-9(6-11)7-12/h2-3,8-9H,4-6H2,1H3/t8-,9-,11-/m0/s1. The van der Waals surface area contributed by atoms with E-state index in [0.717, 1.165) is 0 Å². The first-order chi connectivity index (χ1) is 7.20. The normalized spacial score (nSPS) is 38.1. The van der Waals surface area contributed by atoms with Crippen molar-refractivity contribution in [3.05, 3.63) is 12.2 Å². The average molecular weight is 207 g/mol. The lowest BCUT2D eigenvalue weighted by atomic mass is 9.70. The summed E-state index contributed by atoms with van der Waals surface area (Å²) in [5.41, 5.74) is -0.535. The Morgan fingerprint density at radius 2 is 2.47 bits per heavy atom. The molecule has 1 aliphatic carbocycles. The van der Waals surface area contributed by atoms with Gasteiger partial charge < -0.3 is 9.47 Å². The van der Waals surface area contributed by atoms with Gasteiger partial charge >= 0.3 is 5.97 Å². The smallest absolute Gasteiger partial charge is 0.312 e. The Kier molecular flexibility index (Phi) is 2.49. The van der Waals surface area contributed by atoms with Crippen molar-refractivity contribution in [1.29, 1.82) is 5.26 Å². The molecule has 1 fully saturated rings. The summed E-state index contributed by atoms with van der Waals surface area (Å²) < 4.78 is 10.3. The summed E-state index contributed by atoms with van der Waals surface area (Å²) in [5.74, 6) is -0.222. The van der Waals surface area contributed by atoms with Crippen molar-refractivity contribution in [2.75, 3.05) is 7.11 Å². The molecule has 2 rings (SSSR count). The van der Waals surface area contributed by atoms with Crippen LogP contribution < -0.4 is 0 Å². The molecule has 0 radical (unpaired) electrons. The fourth-order valence-electron chi connectivity index (χ4n) is 2.40. The molecule has 0 saturated carbocycles. The summed E-state index contributed by atoms with van der Waals surface area (Å²) in [6, 6.07) is 2.07. The van der Waals surface area contributed by atoms with Crippen molar-refractivity contribution in [2.24, 2.45) is 5.41 Å². The number of esters is 1. The summed E-state index contributed by atoms with van der Waals surface area (Å²) in [5, 5.41) is 8.86. The van der Waals surface area contributed by atoms with Gasteiger partial charge in [0.2, 0.25) is 0 Å². The molecule has 0 aromatic heterocycles. The minimum atomic E-state index is -0.535. The number of carbonyl (C=O) groups excluding carboxylic acids is 1. The zero-order valence-electron chi connectivity index (χ0n) is 8.60. The van der Waals surface area contributed by atoms with Crippen LogP contribution >= 0.6 is 0 Å². The van der Waals surface area contributed by atoms with E-state index >= 15 is 0 Å². The Morgan fingerprint density at radius 3 is 3.13 bits per heavy atom. The summed E-state index contributed by atoms with van der Waals surface area (Å²) >= 11 is 0. The van der Waals surface area contributed by atoms with Gasteiger partial charge in [0.15, 0.2) is 0 Å². The molecule has 0 N–H and O–H groups in total. The van der Waals surface area contributed by atoms with Crippen LogP contribution in [-0.4, -0.2) is 25.3 Å². The molecule has 4 heteroatoms. The maximum atomic E-state index is 11.7. The van der Waals surface area contributed by atoms with Crippen LogP contribution in [0.3, 0.4) is 0 Å². The number of ether oxygens (including phenoxy) is 2. The van der Waals surface area contributed by atoms with Gasteiger partial charge in [-0.3, -0.25) is 4.79 Å². The summed E-state index contributed by atoms with van der Waals surface area (Å²) in [7, 11) is 1.39. The number of allylic oxidation sites excluding steroid dienone is 1. The molecule has 15 heavy (non-hydrogen) atoms. The quantitative estimate of drug-likeness (QED) is 0.478. The molecule has 1 aliphatic heterocycles.